The molecule has 0 aromatic heterocycles. The van der Waals surface area contributed by atoms with E-state index in [4.69, 9.17) is 54.4 Å². The van der Waals surface area contributed by atoms with E-state index in [2.05, 4.69) is 0 Å². The van der Waals surface area contributed by atoms with Crippen LogP contribution in [0.1, 0.15) is 13.3 Å². The number of hydrogen-bond donors (Lipinski definition) is 1. The van der Waals surface area contributed by atoms with E-state index in [1.165, 1.54) is 0 Å². The monoisotopic (exact) mass is 303 g/mol. The second-order valence-electron chi connectivity index (χ2n) is 3.09. The van der Waals surface area contributed by atoms with Gasteiger partial charge >= 0.3 is 0 Å². The summed E-state index contributed by atoms with van der Waals surface area (Å²) in [5.41, 5.74) is 0. The SMILES string of the molecule is CC[C@H](/C=C/COC(=N)C(Cl)(Cl)Cl)OCOC. The Kier molecular flexibility index (Phi) is 9.00. The minimum atomic E-state index is -1.81. The first-order valence-electron chi connectivity index (χ1n) is 4.97. The standard InChI is InChI=1S/C10H16Cl3NO3/c1-3-8(17-7-15-2)5-4-6-16-9(14)10(11,12)13/h4-5,8,14H,3,6-7H2,1-2H3/b5-4+,14-9?/t8-/m1/s1. The van der Waals surface area contributed by atoms with Crippen LogP contribution in [0.4, 0.5) is 0 Å². The number of halogens is 3. The van der Waals surface area contributed by atoms with Gasteiger partial charge in [0.1, 0.15) is 13.4 Å². The maximum atomic E-state index is 7.28. The average Bonchev–Trinajstić information content (AvgIpc) is 2.26. The first-order valence-corrected chi connectivity index (χ1v) is 6.11. The van der Waals surface area contributed by atoms with Crippen LogP contribution in [0.25, 0.3) is 0 Å². The van der Waals surface area contributed by atoms with Crippen molar-refractivity contribution in [2.24, 2.45) is 0 Å². The lowest BCUT2D eigenvalue weighted by atomic mass is 10.2. The minimum absolute atomic E-state index is 0.0551. The number of nitrogens with one attached hydrogen (secondary N) is 1. The van der Waals surface area contributed by atoms with Crippen molar-refractivity contribution in [3.63, 3.8) is 0 Å². The zero-order valence-electron chi connectivity index (χ0n) is 9.71. The highest BCUT2D eigenvalue weighted by molar-refractivity contribution is 6.76. The average molecular weight is 305 g/mol. The van der Waals surface area contributed by atoms with Gasteiger partial charge in [-0.15, -0.1) is 0 Å². The molecule has 0 rings (SSSR count). The molecule has 17 heavy (non-hydrogen) atoms. The van der Waals surface area contributed by atoms with Crippen LogP contribution < -0.4 is 0 Å². The lowest BCUT2D eigenvalue weighted by Crippen LogP contribution is -2.21. The molecule has 0 spiro atoms. The van der Waals surface area contributed by atoms with Gasteiger partial charge in [0.05, 0.1) is 6.10 Å². The Labute approximate surface area is 116 Å². The summed E-state index contributed by atoms with van der Waals surface area (Å²) in [4.78, 5) is 0. The zero-order valence-corrected chi connectivity index (χ0v) is 12.0. The molecule has 1 N–H and O–H groups in total. The van der Waals surface area contributed by atoms with Crippen LogP contribution in [-0.2, 0) is 14.2 Å². The summed E-state index contributed by atoms with van der Waals surface area (Å²) in [6.07, 6.45) is 4.27. The van der Waals surface area contributed by atoms with Crippen molar-refractivity contribution in [1.82, 2.24) is 0 Å². The third-order valence-corrected chi connectivity index (χ3v) is 2.25. The zero-order chi connectivity index (χ0) is 13.3. The van der Waals surface area contributed by atoms with Gasteiger partial charge in [-0.3, -0.25) is 5.41 Å². The first kappa shape index (κ1) is 17.0. The Hall–Kier alpha value is -0.0000000000000000416. The summed E-state index contributed by atoms with van der Waals surface area (Å²) in [5, 5.41) is 7.28. The second kappa shape index (κ2) is 9.00. The molecule has 0 aromatic rings. The molecule has 0 heterocycles. The molecule has 0 saturated heterocycles. The normalized spacial score (nSPS) is 13.9. The maximum absolute atomic E-state index is 7.28. The van der Waals surface area contributed by atoms with E-state index in [0.29, 0.717) is 0 Å². The molecule has 0 saturated carbocycles. The van der Waals surface area contributed by atoms with E-state index in [1.807, 2.05) is 13.0 Å². The summed E-state index contributed by atoms with van der Waals surface area (Å²) in [6.45, 7) is 2.36. The fourth-order valence-electron chi connectivity index (χ4n) is 0.886. The molecule has 0 bridgehead atoms. The van der Waals surface area contributed by atoms with Crippen molar-refractivity contribution >= 4 is 40.7 Å². The predicted molar refractivity (Wildman–Crippen MR) is 70.1 cm³/mol. The maximum Gasteiger partial charge on any atom is 0.265 e. The fraction of sp³-hybridized carbons (Fsp3) is 0.700. The molecule has 0 aliphatic heterocycles. The molecule has 7 heteroatoms. The van der Waals surface area contributed by atoms with Gasteiger partial charge in [0.15, 0.2) is 0 Å². The van der Waals surface area contributed by atoms with Crippen molar-refractivity contribution in [2.75, 3.05) is 20.5 Å². The summed E-state index contributed by atoms with van der Waals surface area (Å²) < 4.78 is 13.2. The molecule has 100 valence electrons. The van der Waals surface area contributed by atoms with Gasteiger partial charge in [-0.1, -0.05) is 47.8 Å². The number of ether oxygens (including phenoxy) is 3. The Morgan fingerprint density at radius 3 is 2.53 bits per heavy atom. The fourth-order valence-corrected chi connectivity index (χ4v) is 1.05. The van der Waals surface area contributed by atoms with Crippen LogP contribution in [0.3, 0.4) is 0 Å². The molecule has 0 unspecified atom stereocenters. The smallest absolute Gasteiger partial charge is 0.265 e. The molecular formula is C10H16Cl3NO3. The minimum Gasteiger partial charge on any atom is -0.474 e. The van der Waals surface area contributed by atoms with E-state index in [9.17, 15) is 0 Å². The number of hydrogen-bond acceptors (Lipinski definition) is 4. The van der Waals surface area contributed by atoms with Crippen molar-refractivity contribution < 1.29 is 14.2 Å². The molecule has 0 aliphatic carbocycles. The van der Waals surface area contributed by atoms with Crippen LogP contribution >= 0.6 is 34.8 Å². The Morgan fingerprint density at radius 1 is 1.41 bits per heavy atom. The lowest BCUT2D eigenvalue weighted by molar-refractivity contribution is -0.0562. The highest BCUT2D eigenvalue weighted by Gasteiger charge is 2.28. The quantitative estimate of drug-likeness (QED) is 0.258. The van der Waals surface area contributed by atoms with Gasteiger partial charge in [-0.05, 0) is 12.5 Å². The van der Waals surface area contributed by atoms with E-state index >= 15 is 0 Å². The van der Waals surface area contributed by atoms with Crippen LogP contribution in [0.5, 0.6) is 0 Å². The van der Waals surface area contributed by atoms with Gasteiger partial charge in [0, 0.05) is 7.11 Å². The molecule has 4 nitrogen and oxygen atoms in total. The van der Waals surface area contributed by atoms with Crippen LogP contribution in [0, 0.1) is 5.41 Å². The predicted octanol–water partition coefficient (Wildman–Crippen LogP) is 3.31. The molecule has 0 amide bonds. The van der Waals surface area contributed by atoms with Crippen LogP contribution in [-0.4, -0.2) is 36.3 Å². The summed E-state index contributed by atoms with van der Waals surface area (Å²) >= 11 is 16.3. The molecule has 0 aromatic carbocycles. The highest BCUT2D eigenvalue weighted by atomic mass is 35.6. The van der Waals surface area contributed by atoms with E-state index in [-0.39, 0.29) is 19.5 Å². The van der Waals surface area contributed by atoms with Gasteiger partial charge < -0.3 is 14.2 Å². The van der Waals surface area contributed by atoms with Crippen LogP contribution in [0.15, 0.2) is 12.2 Å². The number of alkyl halides is 3. The van der Waals surface area contributed by atoms with Crippen molar-refractivity contribution in [3.05, 3.63) is 12.2 Å². The molecule has 0 fully saturated rings. The summed E-state index contributed by atoms with van der Waals surface area (Å²) in [6, 6.07) is 0. The van der Waals surface area contributed by atoms with Gasteiger partial charge in [-0.2, -0.15) is 0 Å². The molecule has 0 aliphatic rings. The first-order chi connectivity index (χ1) is 7.91. The Bertz CT molecular complexity index is 254. The van der Waals surface area contributed by atoms with Gasteiger partial charge in [0.2, 0.25) is 5.90 Å². The van der Waals surface area contributed by atoms with Crippen LogP contribution in [0.2, 0.25) is 0 Å². The van der Waals surface area contributed by atoms with Gasteiger partial charge in [0.25, 0.3) is 3.79 Å². The second-order valence-corrected chi connectivity index (χ2v) is 5.37. The number of rotatable bonds is 7. The van der Waals surface area contributed by atoms with Gasteiger partial charge in [-0.25, -0.2) is 0 Å². The van der Waals surface area contributed by atoms with E-state index in [0.717, 1.165) is 6.42 Å². The summed E-state index contributed by atoms with van der Waals surface area (Å²) in [5.74, 6) is -0.405. The molecular weight excluding hydrogens is 288 g/mol. The third kappa shape index (κ3) is 8.69. The third-order valence-electron chi connectivity index (χ3n) is 1.73. The number of methoxy groups -OCH3 is 1. The lowest BCUT2D eigenvalue weighted by Gasteiger charge is -2.13. The highest BCUT2D eigenvalue weighted by Crippen LogP contribution is 2.27. The summed E-state index contributed by atoms with van der Waals surface area (Å²) in [7, 11) is 1.56. The Morgan fingerprint density at radius 2 is 2.06 bits per heavy atom. The molecule has 0 radical (unpaired) electrons. The molecule has 1 atom stereocenters. The largest absolute Gasteiger partial charge is 0.474 e. The van der Waals surface area contributed by atoms with Crippen molar-refractivity contribution in [3.8, 4) is 0 Å². The van der Waals surface area contributed by atoms with Crippen molar-refractivity contribution in [1.29, 1.82) is 5.41 Å². The topological polar surface area (TPSA) is 51.5 Å². The van der Waals surface area contributed by atoms with E-state index < -0.39 is 9.69 Å². The van der Waals surface area contributed by atoms with E-state index in [1.54, 1.807) is 13.2 Å². The Balaban J connectivity index is 3.89. The van der Waals surface area contributed by atoms with Crippen molar-refractivity contribution in [2.45, 2.75) is 23.2 Å².